The number of piperidine rings is 1. The fourth-order valence-corrected chi connectivity index (χ4v) is 2.97. The third-order valence-corrected chi connectivity index (χ3v) is 3.90. The number of hydrogen-bond acceptors (Lipinski definition) is 2. The maximum absolute atomic E-state index is 9.15. The van der Waals surface area contributed by atoms with E-state index < -0.39 is 0 Å². The largest absolute Gasteiger partial charge is 0.396 e. The van der Waals surface area contributed by atoms with Crippen LogP contribution in [0.4, 0.5) is 0 Å². The Morgan fingerprint density at radius 1 is 1.33 bits per heavy atom. The molecule has 2 nitrogen and oxygen atoms in total. The van der Waals surface area contributed by atoms with E-state index >= 15 is 0 Å². The summed E-state index contributed by atoms with van der Waals surface area (Å²) in [5, 5.41) is 9.15. The minimum Gasteiger partial charge on any atom is -0.396 e. The summed E-state index contributed by atoms with van der Waals surface area (Å²) in [7, 11) is 0. The highest BCUT2D eigenvalue weighted by molar-refractivity contribution is 5.14. The molecule has 1 aliphatic heterocycles. The van der Waals surface area contributed by atoms with Gasteiger partial charge in [-0.25, -0.2) is 0 Å². The predicted octanol–water partition coefficient (Wildman–Crippen LogP) is 2.92. The molecule has 1 saturated heterocycles. The first-order valence-electron chi connectivity index (χ1n) is 7.15. The summed E-state index contributed by atoms with van der Waals surface area (Å²) in [6.07, 6.45) is 3.80. The van der Waals surface area contributed by atoms with Crippen LogP contribution in [0.5, 0.6) is 0 Å². The van der Waals surface area contributed by atoms with Gasteiger partial charge >= 0.3 is 0 Å². The Kier molecular flexibility index (Phi) is 5.21. The molecule has 0 spiro atoms. The molecule has 0 aromatic heterocycles. The molecule has 1 aromatic rings. The second-order valence-corrected chi connectivity index (χ2v) is 5.75. The molecule has 1 heterocycles. The molecule has 2 atom stereocenters. The maximum atomic E-state index is 9.15. The van der Waals surface area contributed by atoms with Gasteiger partial charge in [-0.15, -0.1) is 0 Å². The van der Waals surface area contributed by atoms with Crippen LogP contribution in [0.25, 0.3) is 0 Å². The highest BCUT2D eigenvalue weighted by atomic mass is 16.3. The van der Waals surface area contributed by atoms with Gasteiger partial charge in [-0.1, -0.05) is 37.3 Å². The number of nitrogens with zero attached hydrogens (tertiary/aromatic N) is 1. The van der Waals surface area contributed by atoms with Gasteiger partial charge < -0.3 is 5.11 Å². The van der Waals surface area contributed by atoms with Crippen molar-refractivity contribution in [1.29, 1.82) is 0 Å². The van der Waals surface area contributed by atoms with Crippen LogP contribution < -0.4 is 0 Å². The second-order valence-electron chi connectivity index (χ2n) is 5.75. The van der Waals surface area contributed by atoms with Crippen molar-refractivity contribution in [1.82, 2.24) is 4.90 Å². The van der Waals surface area contributed by atoms with E-state index in [0.717, 1.165) is 12.5 Å². The summed E-state index contributed by atoms with van der Waals surface area (Å²) in [6, 6.07) is 10.7. The molecule has 0 radical (unpaired) electrons. The normalized spacial score (nSPS) is 22.9. The van der Waals surface area contributed by atoms with Crippen molar-refractivity contribution < 1.29 is 5.11 Å². The Morgan fingerprint density at radius 2 is 2.11 bits per heavy atom. The van der Waals surface area contributed by atoms with E-state index in [1.165, 1.54) is 37.9 Å². The van der Waals surface area contributed by atoms with Gasteiger partial charge in [0.05, 0.1) is 0 Å². The minimum absolute atomic E-state index is 0.329. The molecule has 0 saturated carbocycles. The van der Waals surface area contributed by atoms with Crippen molar-refractivity contribution in [3.63, 3.8) is 0 Å². The van der Waals surface area contributed by atoms with E-state index in [9.17, 15) is 0 Å². The summed E-state index contributed by atoms with van der Waals surface area (Å²) >= 11 is 0. The Morgan fingerprint density at radius 3 is 2.83 bits per heavy atom. The molecule has 0 amide bonds. The average Bonchev–Trinajstić information content (AvgIpc) is 2.40. The summed E-state index contributed by atoms with van der Waals surface area (Å²) in [5.41, 5.74) is 1.41. The van der Waals surface area contributed by atoms with Crippen LogP contribution in [0.15, 0.2) is 30.3 Å². The zero-order valence-corrected chi connectivity index (χ0v) is 11.4. The number of hydrogen-bond donors (Lipinski definition) is 1. The van der Waals surface area contributed by atoms with Gasteiger partial charge in [0.1, 0.15) is 0 Å². The lowest BCUT2D eigenvalue weighted by atomic mass is 9.89. The predicted molar refractivity (Wildman–Crippen MR) is 75.3 cm³/mol. The summed E-state index contributed by atoms with van der Waals surface area (Å²) < 4.78 is 0. The Labute approximate surface area is 111 Å². The molecule has 2 unspecified atom stereocenters. The van der Waals surface area contributed by atoms with Crippen LogP contribution >= 0.6 is 0 Å². The minimum atomic E-state index is 0.329. The number of likely N-dealkylation sites (tertiary alicyclic amines) is 1. The monoisotopic (exact) mass is 247 g/mol. The summed E-state index contributed by atoms with van der Waals surface area (Å²) in [6.45, 7) is 5.97. The van der Waals surface area contributed by atoms with Gasteiger partial charge in [-0.2, -0.15) is 0 Å². The number of aliphatic hydroxyl groups excluding tert-OH is 1. The van der Waals surface area contributed by atoms with Crippen molar-refractivity contribution in [2.45, 2.75) is 32.7 Å². The first-order valence-corrected chi connectivity index (χ1v) is 7.15. The van der Waals surface area contributed by atoms with E-state index in [4.69, 9.17) is 5.11 Å². The fourth-order valence-electron chi connectivity index (χ4n) is 2.97. The smallest absolute Gasteiger partial charge is 0.0456 e. The second kappa shape index (κ2) is 6.91. The lowest BCUT2D eigenvalue weighted by Gasteiger charge is -2.33. The van der Waals surface area contributed by atoms with Gasteiger partial charge in [-0.3, -0.25) is 4.90 Å². The van der Waals surface area contributed by atoms with Crippen LogP contribution in [0.3, 0.4) is 0 Å². The van der Waals surface area contributed by atoms with Gasteiger partial charge in [0.15, 0.2) is 0 Å². The number of rotatable bonds is 5. The van der Waals surface area contributed by atoms with Gasteiger partial charge in [-0.05, 0) is 43.2 Å². The first kappa shape index (κ1) is 13.6. The standard InChI is InChI=1S/C16H25NO/c1-14(13-18)10-16-8-5-9-17(12-16)11-15-6-3-2-4-7-15/h2-4,6-7,14,16,18H,5,8-13H2,1H3. The quantitative estimate of drug-likeness (QED) is 0.865. The molecular weight excluding hydrogens is 222 g/mol. The van der Waals surface area contributed by atoms with Crippen LogP contribution in [0, 0.1) is 11.8 Å². The average molecular weight is 247 g/mol. The Balaban J connectivity index is 1.83. The molecule has 1 N–H and O–H groups in total. The molecule has 1 aliphatic rings. The van der Waals surface area contributed by atoms with Crippen molar-refractivity contribution in [3.05, 3.63) is 35.9 Å². The third kappa shape index (κ3) is 4.11. The van der Waals surface area contributed by atoms with E-state index in [1.807, 2.05) is 0 Å². The highest BCUT2D eigenvalue weighted by Crippen LogP contribution is 2.24. The van der Waals surface area contributed by atoms with Gasteiger partial charge in [0.2, 0.25) is 0 Å². The molecular formula is C16H25NO. The summed E-state index contributed by atoms with van der Waals surface area (Å²) in [5.74, 6) is 1.22. The fraction of sp³-hybridized carbons (Fsp3) is 0.625. The number of aliphatic hydroxyl groups is 1. The summed E-state index contributed by atoms with van der Waals surface area (Å²) in [4.78, 5) is 2.56. The Hall–Kier alpha value is -0.860. The molecule has 0 bridgehead atoms. The van der Waals surface area contributed by atoms with E-state index in [-0.39, 0.29) is 0 Å². The van der Waals surface area contributed by atoms with E-state index in [1.54, 1.807) is 0 Å². The van der Waals surface area contributed by atoms with Crippen LogP contribution in [0.2, 0.25) is 0 Å². The van der Waals surface area contributed by atoms with Crippen LogP contribution in [0.1, 0.15) is 31.7 Å². The van der Waals surface area contributed by atoms with Gasteiger partial charge in [0.25, 0.3) is 0 Å². The van der Waals surface area contributed by atoms with Crippen LogP contribution in [-0.4, -0.2) is 29.7 Å². The zero-order valence-electron chi connectivity index (χ0n) is 11.4. The van der Waals surface area contributed by atoms with Crippen molar-refractivity contribution >= 4 is 0 Å². The Bertz CT molecular complexity index is 338. The lowest BCUT2D eigenvalue weighted by molar-refractivity contribution is 0.134. The van der Waals surface area contributed by atoms with Crippen molar-refractivity contribution in [2.75, 3.05) is 19.7 Å². The zero-order chi connectivity index (χ0) is 12.8. The maximum Gasteiger partial charge on any atom is 0.0456 e. The molecule has 18 heavy (non-hydrogen) atoms. The highest BCUT2D eigenvalue weighted by Gasteiger charge is 2.21. The third-order valence-electron chi connectivity index (χ3n) is 3.90. The lowest BCUT2D eigenvalue weighted by Crippen LogP contribution is -2.35. The molecule has 2 rings (SSSR count). The van der Waals surface area contributed by atoms with Gasteiger partial charge in [0, 0.05) is 19.7 Å². The van der Waals surface area contributed by atoms with E-state index in [0.29, 0.717) is 12.5 Å². The van der Waals surface area contributed by atoms with Crippen molar-refractivity contribution in [3.8, 4) is 0 Å². The molecule has 1 aromatic carbocycles. The first-order chi connectivity index (χ1) is 8.78. The molecule has 2 heteroatoms. The molecule has 0 aliphatic carbocycles. The van der Waals surface area contributed by atoms with Crippen molar-refractivity contribution in [2.24, 2.45) is 11.8 Å². The number of benzene rings is 1. The molecule has 100 valence electrons. The molecule has 1 fully saturated rings. The van der Waals surface area contributed by atoms with Crippen LogP contribution in [-0.2, 0) is 6.54 Å². The SMILES string of the molecule is CC(CO)CC1CCCN(Cc2ccccc2)C1. The topological polar surface area (TPSA) is 23.5 Å². The van der Waals surface area contributed by atoms with E-state index in [2.05, 4.69) is 42.2 Å².